The standard InChI is InChI=1S/C24H21FN2O3S/c1-3-6-16-9-11-18(12-10-16)30-24(29)21-15(2)20-22(31-21)26-14-27(23(20)28)13-17-7-4-5-8-19(17)25/h4-5,7-12,14H,3,6,13H2,1-2H3. The molecule has 0 aliphatic rings. The number of thiophene rings is 1. The van der Waals surface area contributed by atoms with E-state index >= 15 is 0 Å². The van der Waals surface area contributed by atoms with Gasteiger partial charge in [-0.1, -0.05) is 43.7 Å². The summed E-state index contributed by atoms with van der Waals surface area (Å²) in [6.45, 7) is 3.88. The van der Waals surface area contributed by atoms with Crippen molar-refractivity contribution in [2.45, 2.75) is 33.2 Å². The van der Waals surface area contributed by atoms with Crippen LogP contribution >= 0.6 is 11.3 Å². The molecular formula is C24H21FN2O3S. The van der Waals surface area contributed by atoms with Crippen molar-refractivity contribution < 1.29 is 13.9 Å². The minimum Gasteiger partial charge on any atom is -0.422 e. The summed E-state index contributed by atoms with van der Waals surface area (Å²) in [7, 11) is 0. The Hall–Kier alpha value is -3.32. The van der Waals surface area contributed by atoms with Crippen LogP contribution in [-0.2, 0) is 13.0 Å². The Labute approximate surface area is 182 Å². The summed E-state index contributed by atoms with van der Waals surface area (Å²) in [5, 5.41) is 0.356. The third kappa shape index (κ3) is 4.27. The zero-order chi connectivity index (χ0) is 22.0. The van der Waals surface area contributed by atoms with Gasteiger partial charge in [-0.2, -0.15) is 0 Å². The lowest BCUT2D eigenvalue weighted by Crippen LogP contribution is -2.21. The molecule has 2 aromatic heterocycles. The van der Waals surface area contributed by atoms with Crippen molar-refractivity contribution >= 4 is 27.5 Å². The number of nitrogens with zero attached hydrogens (tertiary/aromatic N) is 2. The predicted molar refractivity (Wildman–Crippen MR) is 120 cm³/mol. The van der Waals surface area contributed by atoms with Gasteiger partial charge >= 0.3 is 5.97 Å². The lowest BCUT2D eigenvalue weighted by molar-refractivity contribution is 0.0739. The molecule has 7 heteroatoms. The lowest BCUT2D eigenvalue weighted by Gasteiger charge is -2.06. The van der Waals surface area contributed by atoms with Gasteiger partial charge in [-0.3, -0.25) is 9.36 Å². The number of esters is 1. The maximum atomic E-state index is 14.0. The molecule has 0 radical (unpaired) electrons. The third-order valence-electron chi connectivity index (χ3n) is 5.07. The molecule has 0 unspecified atom stereocenters. The second-order valence-electron chi connectivity index (χ2n) is 7.29. The maximum Gasteiger partial charge on any atom is 0.354 e. The molecule has 31 heavy (non-hydrogen) atoms. The van der Waals surface area contributed by atoms with Gasteiger partial charge in [0.25, 0.3) is 5.56 Å². The number of fused-ring (bicyclic) bond motifs is 1. The number of rotatable bonds is 6. The van der Waals surface area contributed by atoms with E-state index in [1.165, 1.54) is 22.5 Å². The van der Waals surface area contributed by atoms with Crippen molar-refractivity contribution in [2.24, 2.45) is 0 Å². The van der Waals surface area contributed by atoms with Gasteiger partial charge in [0.05, 0.1) is 18.3 Å². The fourth-order valence-corrected chi connectivity index (χ4v) is 4.46. The van der Waals surface area contributed by atoms with Crippen LogP contribution in [0.2, 0.25) is 0 Å². The molecule has 2 heterocycles. The number of hydrogen-bond donors (Lipinski definition) is 0. The zero-order valence-electron chi connectivity index (χ0n) is 17.2. The molecule has 158 valence electrons. The molecule has 0 atom stereocenters. The first kappa shape index (κ1) is 20.9. The number of halogens is 1. The van der Waals surface area contributed by atoms with Gasteiger partial charge in [0.1, 0.15) is 21.3 Å². The van der Waals surface area contributed by atoms with E-state index in [1.807, 2.05) is 12.1 Å². The van der Waals surface area contributed by atoms with Crippen molar-refractivity contribution in [3.63, 3.8) is 0 Å². The lowest BCUT2D eigenvalue weighted by atomic mass is 10.1. The third-order valence-corrected chi connectivity index (χ3v) is 6.25. The van der Waals surface area contributed by atoms with Crippen molar-refractivity contribution in [3.05, 3.63) is 92.6 Å². The molecule has 0 saturated heterocycles. The highest BCUT2D eigenvalue weighted by Crippen LogP contribution is 2.28. The smallest absolute Gasteiger partial charge is 0.354 e. The number of ether oxygens (including phenoxy) is 1. The van der Waals surface area contributed by atoms with Gasteiger partial charge in [-0.15, -0.1) is 11.3 Å². The van der Waals surface area contributed by atoms with Crippen LogP contribution in [0, 0.1) is 12.7 Å². The van der Waals surface area contributed by atoms with Gasteiger partial charge in [-0.25, -0.2) is 14.2 Å². The normalized spacial score (nSPS) is 11.1. The Bertz CT molecular complexity index is 1310. The van der Waals surface area contributed by atoms with E-state index in [9.17, 15) is 14.0 Å². The topological polar surface area (TPSA) is 61.2 Å². The molecule has 0 N–H and O–H groups in total. The molecule has 0 bridgehead atoms. The molecule has 4 rings (SSSR count). The Morgan fingerprint density at radius 2 is 1.90 bits per heavy atom. The van der Waals surface area contributed by atoms with Crippen LogP contribution in [0.15, 0.2) is 59.7 Å². The Morgan fingerprint density at radius 1 is 1.16 bits per heavy atom. The van der Waals surface area contributed by atoms with Gasteiger partial charge in [0.2, 0.25) is 0 Å². The van der Waals surface area contributed by atoms with Gasteiger partial charge in [0, 0.05) is 5.56 Å². The molecule has 0 fully saturated rings. The van der Waals surface area contributed by atoms with Crippen LogP contribution in [-0.4, -0.2) is 15.5 Å². The maximum absolute atomic E-state index is 14.0. The zero-order valence-corrected chi connectivity index (χ0v) is 18.0. The van der Waals surface area contributed by atoms with Crippen molar-refractivity contribution in [2.75, 3.05) is 0 Å². The van der Waals surface area contributed by atoms with Crippen molar-refractivity contribution in [3.8, 4) is 5.75 Å². The van der Waals surface area contributed by atoms with E-state index in [-0.39, 0.29) is 17.9 Å². The highest BCUT2D eigenvalue weighted by Gasteiger charge is 2.21. The minimum atomic E-state index is -0.524. The number of carbonyl (C=O) groups is 1. The van der Waals surface area contributed by atoms with Crippen molar-refractivity contribution in [1.82, 2.24) is 9.55 Å². The van der Waals surface area contributed by atoms with E-state index in [4.69, 9.17) is 4.74 Å². The summed E-state index contributed by atoms with van der Waals surface area (Å²) in [5.74, 6) is -0.457. The summed E-state index contributed by atoms with van der Waals surface area (Å²) in [4.78, 5) is 30.9. The highest BCUT2D eigenvalue weighted by molar-refractivity contribution is 7.20. The SMILES string of the molecule is CCCc1ccc(OC(=O)c2sc3ncn(Cc4ccccc4F)c(=O)c3c2C)cc1. The number of aryl methyl sites for hydroxylation is 2. The Morgan fingerprint density at radius 3 is 2.61 bits per heavy atom. The Kier molecular flexibility index (Phi) is 5.95. The molecule has 0 aliphatic heterocycles. The second-order valence-corrected chi connectivity index (χ2v) is 8.29. The quantitative estimate of drug-likeness (QED) is 0.311. The van der Waals surface area contributed by atoms with E-state index < -0.39 is 5.97 Å². The van der Waals surface area contributed by atoms with Crippen LogP contribution in [0.4, 0.5) is 4.39 Å². The van der Waals surface area contributed by atoms with Crippen LogP contribution in [0.3, 0.4) is 0 Å². The van der Waals surface area contributed by atoms with Gasteiger partial charge in [-0.05, 0) is 42.7 Å². The molecule has 0 amide bonds. The molecule has 0 aliphatic carbocycles. The van der Waals surface area contributed by atoms with E-state index in [0.717, 1.165) is 24.2 Å². The fourth-order valence-electron chi connectivity index (χ4n) is 3.44. The van der Waals surface area contributed by atoms with E-state index in [0.29, 0.717) is 32.0 Å². The van der Waals surface area contributed by atoms with Crippen molar-refractivity contribution in [1.29, 1.82) is 0 Å². The highest BCUT2D eigenvalue weighted by atomic mass is 32.1. The molecule has 4 aromatic rings. The van der Waals surface area contributed by atoms with E-state index in [1.54, 1.807) is 37.3 Å². The summed E-state index contributed by atoms with van der Waals surface area (Å²) in [6.07, 6.45) is 3.39. The summed E-state index contributed by atoms with van der Waals surface area (Å²) >= 11 is 1.12. The van der Waals surface area contributed by atoms with Gasteiger partial charge in [0.15, 0.2) is 0 Å². The second kappa shape index (κ2) is 8.81. The molecule has 0 spiro atoms. The summed E-state index contributed by atoms with van der Waals surface area (Å²) in [5.41, 5.74) is 1.78. The number of carbonyl (C=O) groups excluding carboxylic acids is 1. The molecule has 5 nitrogen and oxygen atoms in total. The summed E-state index contributed by atoms with van der Waals surface area (Å²) in [6, 6.07) is 13.7. The average molecular weight is 437 g/mol. The van der Waals surface area contributed by atoms with Gasteiger partial charge < -0.3 is 4.74 Å². The fraction of sp³-hybridized carbons (Fsp3) is 0.208. The predicted octanol–water partition coefficient (Wildman–Crippen LogP) is 5.13. The number of aromatic nitrogens is 2. The molecule has 0 saturated carbocycles. The average Bonchev–Trinajstić information content (AvgIpc) is 3.10. The number of benzene rings is 2. The van der Waals surface area contributed by atoms with E-state index in [2.05, 4.69) is 11.9 Å². The first-order chi connectivity index (χ1) is 15.0. The van der Waals surface area contributed by atoms with Crippen LogP contribution in [0.1, 0.15) is 39.7 Å². The minimum absolute atomic E-state index is 0.0631. The van der Waals surface area contributed by atoms with Crippen LogP contribution in [0.25, 0.3) is 10.2 Å². The van der Waals surface area contributed by atoms with Crippen LogP contribution in [0.5, 0.6) is 5.75 Å². The molecule has 2 aromatic carbocycles. The largest absolute Gasteiger partial charge is 0.422 e. The van der Waals surface area contributed by atoms with Crippen LogP contribution < -0.4 is 10.3 Å². The molecular weight excluding hydrogens is 415 g/mol. The number of hydrogen-bond acceptors (Lipinski definition) is 5. The summed E-state index contributed by atoms with van der Waals surface area (Å²) < 4.78 is 20.9. The Balaban J connectivity index is 1.63. The first-order valence-electron chi connectivity index (χ1n) is 10.0. The first-order valence-corrected chi connectivity index (χ1v) is 10.8. The monoisotopic (exact) mass is 436 g/mol.